The number of pyridine rings is 1. The molecule has 0 unspecified atom stereocenters. The van der Waals surface area contributed by atoms with Gasteiger partial charge in [0.1, 0.15) is 5.75 Å². The minimum Gasteiger partial charge on any atom is -0.507 e. The molecule has 0 saturated heterocycles. The minimum absolute atomic E-state index is 0.0260. The van der Waals surface area contributed by atoms with Crippen LogP contribution in [0.5, 0.6) is 5.75 Å². The number of aromatic nitrogens is 1. The summed E-state index contributed by atoms with van der Waals surface area (Å²) < 4.78 is 4.54. The number of methoxy groups -OCH3 is 1. The largest absolute Gasteiger partial charge is 0.507 e. The van der Waals surface area contributed by atoms with E-state index in [0.717, 1.165) is 0 Å². The van der Waals surface area contributed by atoms with E-state index in [0.29, 0.717) is 16.5 Å². The molecule has 1 aromatic heterocycles. The van der Waals surface area contributed by atoms with Crippen molar-refractivity contribution < 1.29 is 19.4 Å². The Bertz CT molecular complexity index is 649. The SMILES string of the molecule is COC(=O)c1cc(O)c2cc(C(C)=O)ccc2n1. The third-order valence-corrected chi connectivity index (χ3v) is 2.59. The fourth-order valence-electron chi connectivity index (χ4n) is 1.64. The summed E-state index contributed by atoms with van der Waals surface area (Å²) in [6, 6.07) is 5.94. The van der Waals surface area contributed by atoms with E-state index in [1.54, 1.807) is 18.2 Å². The molecular formula is C13H11NO4. The molecule has 0 atom stereocenters. The van der Waals surface area contributed by atoms with Gasteiger partial charge < -0.3 is 9.84 Å². The van der Waals surface area contributed by atoms with Crippen LogP contribution in [-0.4, -0.2) is 29.0 Å². The summed E-state index contributed by atoms with van der Waals surface area (Å²) in [6.45, 7) is 1.44. The number of fused-ring (bicyclic) bond motifs is 1. The van der Waals surface area contributed by atoms with E-state index in [1.807, 2.05) is 0 Å². The molecule has 2 aromatic rings. The zero-order chi connectivity index (χ0) is 13.3. The molecule has 0 aliphatic rings. The zero-order valence-corrected chi connectivity index (χ0v) is 9.93. The Hall–Kier alpha value is -2.43. The van der Waals surface area contributed by atoms with Gasteiger partial charge in [-0.15, -0.1) is 0 Å². The molecule has 0 saturated carbocycles. The fourth-order valence-corrected chi connectivity index (χ4v) is 1.64. The van der Waals surface area contributed by atoms with Crippen LogP contribution in [0.2, 0.25) is 0 Å². The predicted molar refractivity (Wildman–Crippen MR) is 64.8 cm³/mol. The van der Waals surface area contributed by atoms with Crippen LogP contribution < -0.4 is 0 Å². The number of carbonyl (C=O) groups excluding carboxylic acids is 2. The van der Waals surface area contributed by atoms with E-state index >= 15 is 0 Å². The summed E-state index contributed by atoms with van der Waals surface area (Å²) in [4.78, 5) is 26.6. The van der Waals surface area contributed by atoms with Crippen LogP contribution in [0, 0.1) is 0 Å². The lowest BCUT2D eigenvalue weighted by atomic mass is 10.1. The van der Waals surface area contributed by atoms with Gasteiger partial charge in [-0.2, -0.15) is 0 Å². The van der Waals surface area contributed by atoms with Gasteiger partial charge in [0.2, 0.25) is 0 Å². The van der Waals surface area contributed by atoms with Gasteiger partial charge in [0.15, 0.2) is 11.5 Å². The van der Waals surface area contributed by atoms with Crippen molar-refractivity contribution in [3.05, 3.63) is 35.5 Å². The Morgan fingerprint density at radius 3 is 2.61 bits per heavy atom. The lowest BCUT2D eigenvalue weighted by Crippen LogP contribution is -2.04. The average Bonchev–Trinajstić information content (AvgIpc) is 2.37. The average molecular weight is 245 g/mol. The van der Waals surface area contributed by atoms with E-state index in [-0.39, 0.29) is 17.2 Å². The molecule has 1 heterocycles. The second kappa shape index (κ2) is 4.44. The highest BCUT2D eigenvalue weighted by Crippen LogP contribution is 2.25. The van der Waals surface area contributed by atoms with Crippen molar-refractivity contribution in [1.29, 1.82) is 0 Å². The topological polar surface area (TPSA) is 76.5 Å². The van der Waals surface area contributed by atoms with Crippen LogP contribution in [0.1, 0.15) is 27.8 Å². The van der Waals surface area contributed by atoms with E-state index in [2.05, 4.69) is 9.72 Å². The maximum absolute atomic E-state index is 11.3. The molecule has 0 spiro atoms. The van der Waals surface area contributed by atoms with Crippen molar-refractivity contribution in [2.75, 3.05) is 7.11 Å². The van der Waals surface area contributed by atoms with Crippen molar-refractivity contribution in [3.8, 4) is 5.75 Å². The van der Waals surface area contributed by atoms with Crippen molar-refractivity contribution in [2.45, 2.75) is 6.92 Å². The minimum atomic E-state index is -0.622. The highest BCUT2D eigenvalue weighted by molar-refractivity contribution is 6.00. The van der Waals surface area contributed by atoms with Gasteiger partial charge in [0, 0.05) is 17.0 Å². The molecule has 0 bridgehead atoms. The van der Waals surface area contributed by atoms with E-state index in [1.165, 1.54) is 20.1 Å². The maximum Gasteiger partial charge on any atom is 0.356 e. The molecule has 0 amide bonds. The van der Waals surface area contributed by atoms with Crippen LogP contribution in [0.15, 0.2) is 24.3 Å². The van der Waals surface area contributed by atoms with Gasteiger partial charge >= 0.3 is 5.97 Å². The number of esters is 1. The third kappa shape index (κ3) is 2.02. The molecule has 18 heavy (non-hydrogen) atoms. The summed E-state index contributed by atoms with van der Waals surface area (Å²) in [5, 5.41) is 10.3. The highest BCUT2D eigenvalue weighted by atomic mass is 16.5. The first-order valence-electron chi connectivity index (χ1n) is 5.26. The fraction of sp³-hybridized carbons (Fsp3) is 0.154. The molecule has 1 N–H and O–H groups in total. The molecule has 0 fully saturated rings. The number of Topliss-reactive ketones (excluding diaryl/α,β-unsaturated/α-hetero) is 1. The summed E-state index contributed by atoms with van der Waals surface area (Å²) in [5.41, 5.74) is 0.934. The standard InChI is InChI=1S/C13H11NO4/c1-7(15)8-3-4-10-9(5-8)12(16)6-11(14-10)13(17)18-2/h3-6H,1-2H3,(H,14,16). The van der Waals surface area contributed by atoms with Gasteiger partial charge in [0.05, 0.1) is 12.6 Å². The zero-order valence-electron chi connectivity index (χ0n) is 9.93. The number of nitrogens with zero attached hydrogens (tertiary/aromatic N) is 1. The maximum atomic E-state index is 11.3. The lowest BCUT2D eigenvalue weighted by Gasteiger charge is -2.05. The van der Waals surface area contributed by atoms with Crippen LogP contribution in [0.25, 0.3) is 10.9 Å². The van der Waals surface area contributed by atoms with Crippen LogP contribution in [0.4, 0.5) is 0 Å². The van der Waals surface area contributed by atoms with E-state index < -0.39 is 5.97 Å². The molecule has 5 heteroatoms. The molecule has 0 aliphatic carbocycles. The van der Waals surface area contributed by atoms with Gasteiger partial charge in [-0.1, -0.05) is 0 Å². The summed E-state index contributed by atoms with van der Waals surface area (Å²) >= 11 is 0. The third-order valence-electron chi connectivity index (χ3n) is 2.59. The first-order valence-corrected chi connectivity index (χ1v) is 5.26. The predicted octanol–water partition coefficient (Wildman–Crippen LogP) is 1.93. The molecule has 0 radical (unpaired) electrons. The summed E-state index contributed by atoms with van der Waals surface area (Å²) in [5.74, 6) is -0.834. The van der Waals surface area contributed by atoms with Gasteiger partial charge in [-0.3, -0.25) is 4.79 Å². The van der Waals surface area contributed by atoms with Crippen molar-refractivity contribution >= 4 is 22.7 Å². The van der Waals surface area contributed by atoms with Gasteiger partial charge in [-0.25, -0.2) is 9.78 Å². The highest BCUT2D eigenvalue weighted by Gasteiger charge is 2.12. The van der Waals surface area contributed by atoms with Crippen LogP contribution >= 0.6 is 0 Å². The number of hydrogen-bond acceptors (Lipinski definition) is 5. The smallest absolute Gasteiger partial charge is 0.356 e. The molecular weight excluding hydrogens is 234 g/mol. The summed E-state index contributed by atoms with van der Waals surface area (Å²) in [6.07, 6.45) is 0. The number of benzene rings is 1. The Kier molecular flexibility index (Phi) is 2.97. The van der Waals surface area contributed by atoms with Crippen LogP contribution in [-0.2, 0) is 4.74 Å². The Morgan fingerprint density at radius 2 is 2.00 bits per heavy atom. The Morgan fingerprint density at radius 1 is 1.28 bits per heavy atom. The first kappa shape index (κ1) is 12.0. The number of rotatable bonds is 2. The second-order valence-electron chi connectivity index (χ2n) is 3.81. The van der Waals surface area contributed by atoms with Gasteiger partial charge in [-0.05, 0) is 25.1 Å². The second-order valence-corrected chi connectivity index (χ2v) is 3.81. The first-order chi connectivity index (χ1) is 8.52. The van der Waals surface area contributed by atoms with Crippen LogP contribution in [0.3, 0.4) is 0 Å². The summed E-state index contributed by atoms with van der Waals surface area (Å²) in [7, 11) is 1.24. The van der Waals surface area contributed by atoms with Crippen molar-refractivity contribution in [2.24, 2.45) is 0 Å². The number of hydrogen-bond donors (Lipinski definition) is 1. The number of aromatic hydroxyl groups is 1. The normalized spacial score (nSPS) is 10.3. The van der Waals surface area contributed by atoms with Crippen molar-refractivity contribution in [1.82, 2.24) is 4.98 Å². The molecule has 5 nitrogen and oxygen atoms in total. The molecule has 0 aliphatic heterocycles. The van der Waals surface area contributed by atoms with E-state index in [4.69, 9.17) is 0 Å². The Balaban J connectivity index is 2.65. The van der Waals surface area contributed by atoms with Gasteiger partial charge in [0.25, 0.3) is 0 Å². The molecule has 1 aromatic carbocycles. The molecule has 2 rings (SSSR count). The number of ketones is 1. The number of carbonyl (C=O) groups is 2. The quantitative estimate of drug-likeness (QED) is 0.646. The number of ether oxygens (including phenoxy) is 1. The lowest BCUT2D eigenvalue weighted by molar-refractivity contribution is 0.0594. The Labute approximate surface area is 103 Å². The monoisotopic (exact) mass is 245 g/mol. The molecule has 92 valence electrons. The van der Waals surface area contributed by atoms with E-state index in [9.17, 15) is 14.7 Å². The van der Waals surface area contributed by atoms with Crippen molar-refractivity contribution in [3.63, 3.8) is 0 Å².